The Morgan fingerprint density at radius 3 is 2.70 bits per heavy atom. The van der Waals surface area contributed by atoms with Gasteiger partial charge in [0.15, 0.2) is 0 Å². The van der Waals surface area contributed by atoms with E-state index in [1.54, 1.807) is 4.90 Å². The van der Waals surface area contributed by atoms with Crippen LogP contribution in [0.3, 0.4) is 0 Å². The van der Waals surface area contributed by atoms with Crippen molar-refractivity contribution in [2.75, 3.05) is 18.4 Å². The van der Waals surface area contributed by atoms with Crippen LogP contribution >= 0.6 is 11.3 Å². The molecule has 0 aliphatic carbocycles. The predicted molar refractivity (Wildman–Crippen MR) is 101 cm³/mol. The van der Waals surface area contributed by atoms with Crippen LogP contribution in [0.25, 0.3) is 0 Å². The van der Waals surface area contributed by atoms with Crippen molar-refractivity contribution in [1.29, 1.82) is 0 Å². The number of piperidine rings is 1. The molecular weight excluding hydrogens is 369 g/mol. The van der Waals surface area contributed by atoms with Gasteiger partial charge in [0.2, 0.25) is 5.01 Å². The third-order valence-corrected chi connectivity index (χ3v) is 5.29. The van der Waals surface area contributed by atoms with Crippen molar-refractivity contribution in [3.05, 3.63) is 40.1 Å². The largest absolute Gasteiger partial charge is 0.336 e. The second-order valence-electron chi connectivity index (χ2n) is 6.80. The van der Waals surface area contributed by atoms with E-state index in [-0.39, 0.29) is 34.7 Å². The van der Waals surface area contributed by atoms with Crippen molar-refractivity contribution in [3.63, 3.8) is 0 Å². The zero-order valence-corrected chi connectivity index (χ0v) is 16.1. The van der Waals surface area contributed by atoms with E-state index in [9.17, 15) is 14.0 Å². The lowest BCUT2D eigenvalue weighted by Crippen LogP contribution is -2.46. The minimum Gasteiger partial charge on any atom is -0.336 e. The number of urea groups is 1. The van der Waals surface area contributed by atoms with Gasteiger partial charge in [-0.3, -0.25) is 4.79 Å². The van der Waals surface area contributed by atoms with E-state index in [2.05, 4.69) is 20.8 Å². The van der Waals surface area contributed by atoms with Crippen molar-refractivity contribution >= 4 is 29.0 Å². The van der Waals surface area contributed by atoms with Gasteiger partial charge < -0.3 is 15.5 Å². The number of halogens is 1. The molecule has 3 rings (SSSR count). The van der Waals surface area contributed by atoms with Crippen LogP contribution in [0.5, 0.6) is 0 Å². The number of benzene rings is 1. The van der Waals surface area contributed by atoms with Crippen molar-refractivity contribution in [2.45, 2.75) is 38.6 Å². The molecule has 27 heavy (non-hydrogen) atoms. The second-order valence-corrected chi connectivity index (χ2v) is 7.80. The van der Waals surface area contributed by atoms with Gasteiger partial charge in [0.1, 0.15) is 10.8 Å². The zero-order valence-electron chi connectivity index (χ0n) is 15.2. The first kappa shape index (κ1) is 19.2. The summed E-state index contributed by atoms with van der Waals surface area (Å²) in [5.74, 6) is -0.674. The minimum absolute atomic E-state index is 0.0709. The number of nitrogens with zero attached hydrogens (tertiary/aromatic N) is 3. The van der Waals surface area contributed by atoms with Crippen molar-refractivity contribution < 1.29 is 14.0 Å². The van der Waals surface area contributed by atoms with E-state index in [4.69, 9.17) is 0 Å². The van der Waals surface area contributed by atoms with Crippen LogP contribution in [0.2, 0.25) is 0 Å². The number of anilines is 1. The molecule has 1 atom stereocenters. The average molecular weight is 391 g/mol. The van der Waals surface area contributed by atoms with Crippen molar-refractivity contribution in [3.8, 4) is 0 Å². The SMILES string of the molecule is CC(C)NC(=O)N1CCCC(c2nnc(C(=O)Nc3ccc(F)cc3)s2)C1. The smallest absolute Gasteiger partial charge is 0.317 e. The lowest BCUT2D eigenvalue weighted by Gasteiger charge is -2.32. The van der Waals surface area contributed by atoms with Gasteiger partial charge in [0.25, 0.3) is 5.91 Å². The van der Waals surface area contributed by atoms with Crippen LogP contribution < -0.4 is 10.6 Å². The number of amides is 3. The monoisotopic (exact) mass is 391 g/mol. The first-order valence-electron chi connectivity index (χ1n) is 8.88. The predicted octanol–water partition coefficient (Wildman–Crippen LogP) is 3.23. The molecule has 1 aromatic heterocycles. The Morgan fingerprint density at radius 1 is 1.26 bits per heavy atom. The minimum atomic E-state index is -0.379. The lowest BCUT2D eigenvalue weighted by atomic mass is 9.99. The Labute approximate surface area is 161 Å². The summed E-state index contributed by atoms with van der Waals surface area (Å²) in [6.45, 7) is 5.13. The summed E-state index contributed by atoms with van der Waals surface area (Å²) in [6.07, 6.45) is 1.78. The topological polar surface area (TPSA) is 87.2 Å². The molecule has 0 bridgehead atoms. The molecule has 0 radical (unpaired) electrons. The fraction of sp³-hybridized carbons (Fsp3) is 0.444. The van der Waals surface area contributed by atoms with E-state index < -0.39 is 0 Å². The summed E-state index contributed by atoms with van der Waals surface area (Å²) in [6, 6.07) is 5.54. The zero-order chi connectivity index (χ0) is 19.4. The maximum absolute atomic E-state index is 12.9. The second kappa shape index (κ2) is 8.43. The molecule has 1 aliphatic rings. The Hall–Kier alpha value is -2.55. The lowest BCUT2D eigenvalue weighted by molar-refractivity contribution is 0.102. The maximum atomic E-state index is 12.9. The molecule has 1 unspecified atom stereocenters. The molecule has 1 aromatic carbocycles. The standard InChI is InChI=1S/C18H22FN5O2S/c1-11(2)20-18(26)24-9-3-4-12(10-24)16-22-23-17(27-16)15(25)21-14-7-5-13(19)6-8-14/h5-8,11-12H,3-4,9-10H2,1-2H3,(H,20,26)(H,21,25). The van der Waals surface area contributed by atoms with Gasteiger partial charge in [-0.2, -0.15) is 0 Å². The molecule has 1 saturated heterocycles. The molecule has 144 valence electrons. The van der Waals surface area contributed by atoms with Crippen LogP contribution in [-0.4, -0.2) is 46.2 Å². The van der Waals surface area contributed by atoms with Crippen molar-refractivity contribution in [2.24, 2.45) is 0 Å². The fourth-order valence-electron chi connectivity index (χ4n) is 2.91. The summed E-state index contributed by atoms with van der Waals surface area (Å²) in [7, 11) is 0. The summed E-state index contributed by atoms with van der Waals surface area (Å²) >= 11 is 1.23. The van der Waals surface area contributed by atoms with E-state index >= 15 is 0 Å². The average Bonchev–Trinajstić information content (AvgIpc) is 3.13. The van der Waals surface area contributed by atoms with Crippen molar-refractivity contribution in [1.82, 2.24) is 20.4 Å². The summed E-state index contributed by atoms with van der Waals surface area (Å²) in [5.41, 5.74) is 0.493. The molecular formula is C18H22FN5O2S. The third-order valence-electron chi connectivity index (χ3n) is 4.21. The molecule has 7 nitrogen and oxygen atoms in total. The van der Waals surface area contributed by atoms with Gasteiger partial charge in [-0.25, -0.2) is 9.18 Å². The highest BCUT2D eigenvalue weighted by Gasteiger charge is 2.28. The Bertz CT molecular complexity index is 808. The molecule has 1 aliphatic heterocycles. The number of rotatable bonds is 4. The maximum Gasteiger partial charge on any atom is 0.317 e. The van der Waals surface area contributed by atoms with E-state index in [0.717, 1.165) is 17.8 Å². The molecule has 3 amide bonds. The number of hydrogen-bond donors (Lipinski definition) is 2. The number of hydrogen-bond acceptors (Lipinski definition) is 5. The van der Waals surface area contributed by atoms with Gasteiger partial charge in [-0.1, -0.05) is 11.3 Å². The molecule has 2 N–H and O–H groups in total. The quantitative estimate of drug-likeness (QED) is 0.838. The van der Waals surface area contributed by atoms with E-state index in [0.29, 0.717) is 18.8 Å². The molecule has 1 fully saturated rings. The van der Waals surface area contributed by atoms with Crippen LogP contribution in [-0.2, 0) is 0 Å². The summed E-state index contributed by atoms with van der Waals surface area (Å²) in [4.78, 5) is 26.3. The van der Waals surface area contributed by atoms with Gasteiger partial charge in [0.05, 0.1) is 0 Å². The highest BCUT2D eigenvalue weighted by molar-refractivity contribution is 7.13. The number of nitrogens with one attached hydrogen (secondary N) is 2. The Morgan fingerprint density at radius 2 is 2.00 bits per heavy atom. The van der Waals surface area contributed by atoms with Crippen LogP contribution in [0, 0.1) is 5.82 Å². The van der Waals surface area contributed by atoms with Crippen LogP contribution in [0.15, 0.2) is 24.3 Å². The molecule has 0 spiro atoms. The molecule has 9 heteroatoms. The normalized spacial score (nSPS) is 17.0. The Kier molecular flexibility index (Phi) is 6.00. The number of likely N-dealkylation sites (tertiary alicyclic amines) is 1. The molecule has 0 saturated carbocycles. The van der Waals surface area contributed by atoms with Crippen LogP contribution in [0.1, 0.15) is 47.4 Å². The molecule has 2 aromatic rings. The Balaban J connectivity index is 1.63. The van der Waals surface area contributed by atoms with Crippen LogP contribution in [0.4, 0.5) is 14.9 Å². The highest BCUT2D eigenvalue weighted by Crippen LogP contribution is 2.29. The van der Waals surface area contributed by atoms with Gasteiger partial charge >= 0.3 is 6.03 Å². The fourth-order valence-corrected chi connectivity index (χ4v) is 3.77. The first-order valence-corrected chi connectivity index (χ1v) is 9.70. The molecule has 2 heterocycles. The summed E-state index contributed by atoms with van der Waals surface area (Å²) in [5, 5.41) is 14.7. The number of carbonyl (C=O) groups is 2. The highest BCUT2D eigenvalue weighted by atomic mass is 32.1. The third kappa shape index (κ3) is 5.00. The van der Waals surface area contributed by atoms with Gasteiger partial charge in [-0.05, 0) is 51.0 Å². The summed E-state index contributed by atoms with van der Waals surface area (Å²) < 4.78 is 12.9. The van der Waals surface area contributed by atoms with E-state index in [1.807, 2.05) is 13.8 Å². The van der Waals surface area contributed by atoms with Gasteiger partial charge in [-0.15, -0.1) is 10.2 Å². The van der Waals surface area contributed by atoms with Gasteiger partial charge in [0, 0.05) is 30.7 Å². The number of aromatic nitrogens is 2. The first-order chi connectivity index (χ1) is 12.9. The number of carbonyl (C=O) groups excluding carboxylic acids is 2. The van der Waals surface area contributed by atoms with E-state index in [1.165, 1.54) is 35.6 Å².